The summed E-state index contributed by atoms with van der Waals surface area (Å²) in [5.74, 6) is 0. The van der Waals surface area contributed by atoms with Crippen LogP contribution in [0, 0.1) is 11.3 Å². The number of nitrogens with zero attached hydrogens (tertiary/aromatic N) is 4. The largest absolute Gasteiger partial charge is 0.365 e. The smallest absolute Gasteiger partial charge is 0.0767 e. The minimum absolute atomic E-state index is 0.505. The van der Waals surface area contributed by atoms with Crippen molar-refractivity contribution in [2.45, 2.75) is 26.3 Å². The van der Waals surface area contributed by atoms with E-state index in [-0.39, 0.29) is 0 Å². The molecule has 0 saturated heterocycles. The molecule has 0 bridgehead atoms. The first-order valence-corrected chi connectivity index (χ1v) is 7.83. The molecule has 21 heavy (non-hydrogen) atoms. The molecule has 110 valence electrons. The first kappa shape index (κ1) is 15.6. The predicted molar refractivity (Wildman–Crippen MR) is 88.0 cm³/mol. The molecule has 0 aliphatic heterocycles. The number of hydrogen-bond donors (Lipinski definition) is 0. The van der Waals surface area contributed by atoms with Gasteiger partial charge >= 0.3 is 0 Å². The lowest BCUT2D eigenvalue weighted by Crippen LogP contribution is -2.25. The molecule has 0 aliphatic rings. The zero-order chi connectivity index (χ0) is 15.2. The number of rotatable bonds is 6. The van der Waals surface area contributed by atoms with Gasteiger partial charge in [0.15, 0.2) is 0 Å². The molecule has 0 fully saturated rings. The maximum atomic E-state index is 8.88. The molecule has 5 heteroatoms. The fourth-order valence-corrected chi connectivity index (χ4v) is 3.04. The van der Waals surface area contributed by atoms with Crippen molar-refractivity contribution >= 4 is 21.6 Å². The van der Waals surface area contributed by atoms with Crippen LogP contribution >= 0.6 is 15.9 Å². The number of nitriles is 1. The van der Waals surface area contributed by atoms with Gasteiger partial charge in [-0.25, -0.2) is 0 Å². The van der Waals surface area contributed by atoms with Crippen LogP contribution in [0.4, 0.5) is 5.69 Å². The Labute approximate surface area is 134 Å². The molecule has 0 saturated carbocycles. The Morgan fingerprint density at radius 2 is 2.05 bits per heavy atom. The minimum atomic E-state index is 0.505. The molecule has 0 aliphatic carbocycles. The molecule has 1 aromatic heterocycles. The third-order valence-corrected chi connectivity index (χ3v) is 4.37. The highest BCUT2D eigenvalue weighted by Crippen LogP contribution is 2.25. The van der Waals surface area contributed by atoms with Crippen LogP contribution in [-0.4, -0.2) is 16.3 Å². The Kier molecular flexibility index (Phi) is 5.40. The molecule has 0 atom stereocenters. The summed E-state index contributed by atoms with van der Waals surface area (Å²) >= 11 is 3.66. The number of aryl methyl sites for hydroxylation is 2. The second kappa shape index (κ2) is 7.28. The van der Waals surface area contributed by atoms with E-state index in [1.807, 2.05) is 29.9 Å². The average Bonchev–Trinajstić information content (AvgIpc) is 2.79. The number of aromatic nitrogens is 2. The fraction of sp³-hybridized carbons (Fsp3) is 0.375. The number of benzene rings is 1. The van der Waals surface area contributed by atoms with E-state index in [0.29, 0.717) is 13.0 Å². The molecule has 0 radical (unpaired) electrons. The lowest BCUT2D eigenvalue weighted by molar-refractivity contribution is 0.672. The van der Waals surface area contributed by atoms with Gasteiger partial charge in [-0.3, -0.25) is 4.68 Å². The monoisotopic (exact) mass is 346 g/mol. The van der Waals surface area contributed by atoms with E-state index in [1.54, 1.807) is 0 Å². The topological polar surface area (TPSA) is 44.9 Å². The van der Waals surface area contributed by atoms with Gasteiger partial charge in [0.25, 0.3) is 0 Å². The lowest BCUT2D eigenvalue weighted by atomic mass is 10.2. The normalized spacial score (nSPS) is 10.4. The zero-order valence-electron chi connectivity index (χ0n) is 12.4. The summed E-state index contributed by atoms with van der Waals surface area (Å²) in [7, 11) is 1.96. The van der Waals surface area contributed by atoms with Crippen LogP contribution in [0.15, 0.2) is 34.8 Å². The van der Waals surface area contributed by atoms with E-state index in [9.17, 15) is 0 Å². The quantitative estimate of drug-likeness (QED) is 0.801. The van der Waals surface area contributed by atoms with Crippen molar-refractivity contribution in [2.75, 3.05) is 11.4 Å². The van der Waals surface area contributed by atoms with Crippen molar-refractivity contribution in [1.29, 1.82) is 5.26 Å². The molecular formula is C16H19BrN4. The molecule has 0 amide bonds. The summed E-state index contributed by atoms with van der Waals surface area (Å²) < 4.78 is 3.00. The van der Waals surface area contributed by atoms with Gasteiger partial charge in [0.2, 0.25) is 0 Å². The van der Waals surface area contributed by atoms with Gasteiger partial charge in [-0.05, 0) is 34.5 Å². The molecular weight excluding hydrogens is 328 g/mol. The van der Waals surface area contributed by atoms with Crippen LogP contribution in [0.3, 0.4) is 0 Å². The summed E-state index contributed by atoms with van der Waals surface area (Å²) in [4.78, 5) is 2.21. The van der Waals surface area contributed by atoms with Crippen molar-refractivity contribution < 1.29 is 0 Å². The van der Waals surface area contributed by atoms with Gasteiger partial charge in [0, 0.05) is 19.3 Å². The van der Waals surface area contributed by atoms with E-state index in [0.717, 1.165) is 34.5 Å². The van der Waals surface area contributed by atoms with E-state index >= 15 is 0 Å². The van der Waals surface area contributed by atoms with E-state index < -0.39 is 0 Å². The number of anilines is 1. The van der Waals surface area contributed by atoms with E-state index in [4.69, 9.17) is 5.26 Å². The molecule has 0 unspecified atom stereocenters. The maximum Gasteiger partial charge on any atom is 0.0767 e. The van der Waals surface area contributed by atoms with Crippen LogP contribution in [-0.2, 0) is 20.0 Å². The first-order chi connectivity index (χ1) is 10.2. The van der Waals surface area contributed by atoms with Gasteiger partial charge in [0.1, 0.15) is 0 Å². The van der Waals surface area contributed by atoms with Gasteiger partial charge in [-0.15, -0.1) is 0 Å². The van der Waals surface area contributed by atoms with Crippen LogP contribution in [0.5, 0.6) is 0 Å². The number of para-hydroxylation sites is 1. The minimum Gasteiger partial charge on any atom is -0.365 e. The first-order valence-electron chi connectivity index (χ1n) is 7.04. The van der Waals surface area contributed by atoms with E-state index in [1.165, 1.54) is 0 Å². The Morgan fingerprint density at radius 3 is 2.62 bits per heavy atom. The fourth-order valence-electron chi connectivity index (χ4n) is 2.30. The molecule has 0 N–H and O–H groups in total. The molecule has 1 aromatic carbocycles. The molecule has 4 nitrogen and oxygen atoms in total. The number of hydrogen-bond acceptors (Lipinski definition) is 3. The standard InChI is InChI=1S/C16H19BrN4/c1-3-14-16(17)15(20(2)19-14)12-21(11-7-10-18)13-8-5-4-6-9-13/h4-6,8-9H,3,7,11-12H2,1-2H3. The highest BCUT2D eigenvalue weighted by molar-refractivity contribution is 9.10. The number of halogens is 1. The average molecular weight is 347 g/mol. The predicted octanol–water partition coefficient (Wildman–Crippen LogP) is 3.67. The van der Waals surface area contributed by atoms with Crippen molar-refractivity contribution in [3.63, 3.8) is 0 Å². The summed E-state index contributed by atoms with van der Waals surface area (Å²) in [5.41, 5.74) is 3.33. The molecule has 0 spiro atoms. The summed E-state index contributed by atoms with van der Waals surface area (Å²) in [5, 5.41) is 13.4. The Morgan fingerprint density at radius 1 is 1.33 bits per heavy atom. The summed E-state index contributed by atoms with van der Waals surface area (Å²) in [6, 6.07) is 12.4. The molecule has 2 aromatic rings. The van der Waals surface area contributed by atoms with Crippen LogP contribution < -0.4 is 4.90 Å². The van der Waals surface area contributed by atoms with Crippen LogP contribution in [0.25, 0.3) is 0 Å². The van der Waals surface area contributed by atoms with Crippen LogP contribution in [0.1, 0.15) is 24.7 Å². The highest BCUT2D eigenvalue weighted by atomic mass is 79.9. The lowest BCUT2D eigenvalue weighted by Gasteiger charge is -2.24. The molecule has 2 rings (SSSR count). The SMILES string of the molecule is CCc1nn(C)c(CN(CCC#N)c2ccccc2)c1Br. The zero-order valence-corrected chi connectivity index (χ0v) is 14.0. The second-order valence-corrected chi connectivity index (χ2v) is 5.64. The van der Waals surface area contributed by atoms with Gasteiger partial charge in [-0.1, -0.05) is 25.1 Å². The Hall–Kier alpha value is -1.80. The Bertz CT molecular complexity index is 628. The van der Waals surface area contributed by atoms with Crippen molar-refractivity contribution in [3.8, 4) is 6.07 Å². The van der Waals surface area contributed by atoms with Gasteiger partial charge < -0.3 is 4.90 Å². The third-order valence-electron chi connectivity index (χ3n) is 3.46. The van der Waals surface area contributed by atoms with Gasteiger partial charge in [-0.2, -0.15) is 10.4 Å². The summed E-state index contributed by atoms with van der Waals surface area (Å²) in [6.45, 7) is 3.54. The summed E-state index contributed by atoms with van der Waals surface area (Å²) in [6.07, 6.45) is 1.41. The third kappa shape index (κ3) is 3.64. The molecule has 1 heterocycles. The van der Waals surface area contributed by atoms with Gasteiger partial charge in [0.05, 0.1) is 34.9 Å². The van der Waals surface area contributed by atoms with Crippen molar-refractivity contribution in [1.82, 2.24) is 9.78 Å². The van der Waals surface area contributed by atoms with E-state index in [2.05, 4.69) is 51.1 Å². The maximum absolute atomic E-state index is 8.88. The second-order valence-electron chi connectivity index (χ2n) is 4.85. The van der Waals surface area contributed by atoms with Crippen molar-refractivity contribution in [3.05, 3.63) is 46.2 Å². The van der Waals surface area contributed by atoms with Crippen LogP contribution in [0.2, 0.25) is 0 Å². The van der Waals surface area contributed by atoms with Crippen molar-refractivity contribution in [2.24, 2.45) is 7.05 Å². The highest BCUT2D eigenvalue weighted by Gasteiger charge is 2.16. The Balaban J connectivity index is 2.27.